The molecule has 4 saturated carbocycles. The number of rotatable bonds is 2. The van der Waals surface area contributed by atoms with Gasteiger partial charge in [0.1, 0.15) is 5.60 Å². The van der Waals surface area contributed by atoms with E-state index < -0.39 is 0 Å². The molecule has 2 nitrogen and oxygen atoms in total. The summed E-state index contributed by atoms with van der Waals surface area (Å²) < 4.78 is 5.55. The highest BCUT2D eigenvalue weighted by Gasteiger charge is 2.77. The summed E-state index contributed by atoms with van der Waals surface area (Å²) in [5.74, 6) is 2.09. The summed E-state index contributed by atoms with van der Waals surface area (Å²) in [7, 11) is 0. The van der Waals surface area contributed by atoms with E-state index in [-0.39, 0.29) is 11.6 Å². The molecular weight excluding hydrogens is 164 g/mol. The Balaban J connectivity index is 1.76. The quantitative estimate of drug-likeness (QED) is 0.477. The number of hydrogen-bond acceptors (Lipinski definition) is 2. The van der Waals surface area contributed by atoms with Gasteiger partial charge in [0.25, 0.3) is 0 Å². The van der Waals surface area contributed by atoms with E-state index in [1.54, 1.807) is 6.92 Å². The molecule has 13 heavy (non-hydrogen) atoms. The Morgan fingerprint density at radius 2 is 2.08 bits per heavy atom. The topological polar surface area (TPSA) is 26.3 Å². The zero-order chi connectivity index (χ0) is 9.22. The fourth-order valence-corrected chi connectivity index (χ4v) is 3.49. The first-order valence-electron chi connectivity index (χ1n) is 5.02. The van der Waals surface area contributed by atoms with Gasteiger partial charge in [0.05, 0.1) is 0 Å². The van der Waals surface area contributed by atoms with Crippen molar-refractivity contribution in [3.63, 3.8) is 0 Å². The smallest absolute Gasteiger partial charge is 0.333 e. The Morgan fingerprint density at radius 3 is 2.46 bits per heavy atom. The zero-order valence-electron chi connectivity index (χ0n) is 7.88. The van der Waals surface area contributed by atoms with E-state index in [1.807, 2.05) is 0 Å². The second-order valence-corrected chi connectivity index (χ2v) is 4.88. The molecule has 2 unspecified atom stereocenters. The number of carbonyl (C=O) groups excluding carboxylic acids is 1. The van der Waals surface area contributed by atoms with Crippen LogP contribution in [0.1, 0.15) is 26.2 Å². The Labute approximate surface area is 78.0 Å². The average molecular weight is 178 g/mol. The van der Waals surface area contributed by atoms with Gasteiger partial charge in [-0.05, 0) is 32.1 Å². The van der Waals surface area contributed by atoms with Crippen LogP contribution in [-0.4, -0.2) is 11.6 Å². The maximum absolute atomic E-state index is 11.4. The second-order valence-electron chi connectivity index (χ2n) is 4.88. The maximum Gasteiger partial charge on any atom is 0.333 e. The SMILES string of the molecule is C=C(C)C(=O)OC12CC3CC1C2C3. The Morgan fingerprint density at radius 1 is 1.46 bits per heavy atom. The monoisotopic (exact) mass is 178 g/mol. The van der Waals surface area contributed by atoms with Gasteiger partial charge in [0.2, 0.25) is 0 Å². The van der Waals surface area contributed by atoms with Crippen molar-refractivity contribution in [3.8, 4) is 0 Å². The average Bonchev–Trinajstić information content (AvgIpc) is 2.50. The molecule has 2 heteroatoms. The summed E-state index contributed by atoms with van der Waals surface area (Å²) in [5.41, 5.74) is 0.518. The van der Waals surface area contributed by atoms with Gasteiger partial charge >= 0.3 is 5.97 Å². The molecule has 4 fully saturated rings. The van der Waals surface area contributed by atoms with E-state index in [9.17, 15) is 4.79 Å². The number of esters is 1. The van der Waals surface area contributed by atoms with Crippen molar-refractivity contribution in [3.05, 3.63) is 12.2 Å². The van der Waals surface area contributed by atoms with E-state index >= 15 is 0 Å². The van der Waals surface area contributed by atoms with Crippen LogP contribution in [-0.2, 0) is 9.53 Å². The predicted octanol–water partition coefficient (Wildman–Crippen LogP) is 1.90. The number of hydrogen-bond donors (Lipinski definition) is 0. The first-order chi connectivity index (χ1) is 6.13. The fraction of sp³-hybridized carbons (Fsp3) is 0.727. The Kier molecular flexibility index (Phi) is 1.17. The van der Waals surface area contributed by atoms with Gasteiger partial charge < -0.3 is 4.74 Å². The van der Waals surface area contributed by atoms with Gasteiger partial charge in [-0.1, -0.05) is 6.58 Å². The largest absolute Gasteiger partial charge is 0.455 e. The molecule has 0 heterocycles. The fourth-order valence-electron chi connectivity index (χ4n) is 3.49. The Bertz CT molecular complexity index is 293. The lowest BCUT2D eigenvalue weighted by Crippen LogP contribution is -2.20. The maximum atomic E-state index is 11.4. The molecule has 0 amide bonds. The molecule has 0 aromatic carbocycles. The molecule has 0 aliphatic heterocycles. The van der Waals surface area contributed by atoms with Gasteiger partial charge in [0, 0.05) is 17.4 Å². The van der Waals surface area contributed by atoms with Crippen LogP contribution in [0.4, 0.5) is 0 Å². The number of ether oxygens (including phenoxy) is 1. The van der Waals surface area contributed by atoms with Crippen LogP contribution in [0.2, 0.25) is 0 Å². The van der Waals surface area contributed by atoms with Crippen molar-refractivity contribution in [2.45, 2.75) is 31.8 Å². The molecule has 4 rings (SSSR count). The third-order valence-corrected chi connectivity index (χ3v) is 4.05. The summed E-state index contributed by atoms with van der Waals surface area (Å²) in [6.07, 6.45) is 3.73. The lowest BCUT2D eigenvalue weighted by Gasteiger charge is -2.13. The van der Waals surface area contributed by atoms with Gasteiger partial charge in [-0.25, -0.2) is 4.79 Å². The van der Waals surface area contributed by atoms with Gasteiger partial charge in [-0.15, -0.1) is 0 Å². The van der Waals surface area contributed by atoms with Gasteiger partial charge in [0.15, 0.2) is 0 Å². The van der Waals surface area contributed by atoms with E-state index in [0.29, 0.717) is 17.4 Å². The summed E-state index contributed by atoms with van der Waals surface area (Å²) >= 11 is 0. The molecule has 4 aliphatic carbocycles. The molecule has 4 aliphatic rings. The van der Waals surface area contributed by atoms with E-state index in [0.717, 1.165) is 12.3 Å². The molecule has 0 N–H and O–H groups in total. The first kappa shape index (κ1) is 7.60. The normalized spacial score (nSPS) is 49.2. The van der Waals surface area contributed by atoms with E-state index in [1.165, 1.54) is 12.8 Å². The van der Waals surface area contributed by atoms with Crippen LogP contribution in [0.3, 0.4) is 0 Å². The van der Waals surface area contributed by atoms with E-state index in [2.05, 4.69) is 6.58 Å². The Hall–Kier alpha value is -0.790. The summed E-state index contributed by atoms with van der Waals surface area (Å²) in [5, 5.41) is 0. The predicted molar refractivity (Wildman–Crippen MR) is 48.0 cm³/mol. The minimum Gasteiger partial charge on any atom is -0.455 e. The molecule has 0 spiro atoms. The minimum absolute atomic E-state index is 0.0132. The van der Waals surface area contributed by atoms with Crippen molar-refractivity contribution in [1.82, 2.24) is 0 Å². The summed E-state index contributed by atoms with van der Waals surface area (Å²) in [6, 6.07) is 0. The van der Waals surface area contributed by atoms with Crippen LogP contribution in [0, 0.1) is 17.8 Å². The van der Waals surface area contributed by atoms with Crippen LogP contribution in [0.5, 0.6) is 0 Å². The zero-order valence-corrected chi connectivity index (χ0v) is 7.88. The van der Waals surface area contributed by atoms with E-state index in [4.69, 9.17) is 4.74 Å². The van der Waals surface area contributed by atoms with Crippen molar-refractivity contribution in [2.24, 2.45) is 17.8 Å². The van der Waals surface area contributed by atoms with Crippen molar-refractivity contribution in [1.29, 1.82) is 0 Å². The molecule has 70 valence electrons. The lowest BCUT2D eigenvalue weighted by molar-refractivity contribution is -0.147. The molecule has 2 atom stereocenters. The summed E-state index contributed by atoms with van der Waals surface area (Å²) in [6.45, 7) is 5.33. The lowest BCUT2D eigenvalue weighted by atomic mass is 10.1. The highest BCUT2D eigenvalue weighted by atomic mass is 16.6. The highest BCUT2D eigenvalue weighted by molar-refractivity contribution is 5.87. The molecule has 0 aromatic rings. The molecule has 4 bridgehead atoms. The third-order valence-electron chi connectivity index (χ3n) is 4.05. The highest BCUT2D eigenvalue weighted by Crippen LogP contribution is 2.75. The second kappa shape index (κ2) is 1.99. The van der Waals surface area contributed by atoms with Crippen LogP contribution in [0.25, 0.3) is 0 Å². The summed E-state index contributed by atoms with van der Waals surface area (Å²) in [4.78, 5) is 11.4. The third kappa shape index (κ3) is 0.767. The van der Waals surface area contributed by atoms with Crippen molar-refractivity contribution < 1.29 is 9.53 Å². The van der Waals surface area contributed by atoms with Crippen molar-refractivity contribution >= 4 is 5.97 Å². The van der Waals surface area contributed by atoms with Gasteiger partial charge in [-0.2, -0.15) is 0 Å². The van der Waals surface area contributed by atoms with Gasteiger partial charge in [-0.3, -0.25) is 0 Å². The van der Waals surface area contributed by atoms with Crippen LogP contribution in [0.15, 0.2) is 12.2 Å². The first-order valence-corrected chi connectivity index (χ1v) is 5.02. The van der Waals surface area contributed by atoms with Crippen LogP contribution < -0.4 is 0 Å². The molecule has 0 saturated heterocycles. The van der Waals surface area contributed by atoms with Crippen molar-refractivity contribution in [2.75, 3.05) is 0 Å². The molecule has 0 aromatic heterocycles. The molecular formula is C11H14O2. The molecule has 0 radical (unpaired) electrons. The van der Waals surface area contributed by atoms with Crippen LogP contribution >= 0.6 is 0 Å². The minimum atomic E-state index is -0.185. The standard InChI is InChI=1S/C11H14O2/c1-6(2)10(12)13-11-5-7-3-8(11)9(11)4-7/h7-9H,1,3-5H2,2H3. The number of carbonyl (C=O) groups is 1.